The molecule has 14 heavy (non-hydrogen) atoms. The molecule has 2 rings (SSSR count). The predicted molar refractivity (Wildman–Crippen MR) is 53.6 cm³/mol. The van der Waals surface area contributed by atoms with Crippen LogP contribution in [0.25, 0.3) is 0 Å². The van der Waals surface area contributed by atoms with Gasteiger partial charge in [-0.3, -0.25) is 14.6 Å². The summed E-state index contributed by atoms with van der Waals surface area (Å²) in [4.78, 5) is 27.6. The Kier molecular flexibility index (Phi) is 2.17. The van der Waals surface area contributed by atoms with Gasteiger partial charge in [-0.2, -0.15) is 0 Å². The van der Waals surface area contributed by atoms with Crippen molar-refractivity contribution in [2.24, 2.45) is 0 Å². The normalized spacial score (nSPS) is 15.4. The molecule has 2 amide bonds. The van der Waals surface area contributed by atoms with E-state index in [9.17, 15) is 9.59 Å². The molecule has 4 nitrogen and oxygen atoms in total. The summed E-state index contributed by atoms with van der Waals surface area (Å²) in [5.41, 5.74) is 0.514. The zero-order valence-corrected chi connectivity index (χ0v) is 8.56. The number of nitrogens with zero attached hydrogens (tertiary/aromatic N) is 2. The van der Waals surface area contributed by atoms with E-state index in [1.165, 1.54) is 24.5 Å². The first-order valence-corrected chi connectivity index (χ1v) is 4.65. The van der Waals surface area contributed by atoms with Crippen LogP contribution in [-0.2, 0) is 9.59 Å². The molecule has 0 fully saturated rings. The zero-order chi connectivity index (χ0) is 10.1. The average Bonchev–Trinajstić information content (AvgIpc) is 2.48. The first-order valence-electron chi connectivity index (χ1n) is 3.86. The Hall–Kier alpha value is -1.49. The minimum absolute atomic E-state index is 0.332. The number of amides is 2. The van der Waals surface area contributed by atoms with E-state index in [1.807, 2.05) is 0 Å². The van der Waals surface area contributed by atoms with Gasteiger partial charge < -0.3 is 0 Å². The third-order valence-corrected chi connectivity index (χ3v) is 2.41. The summed E-state index contributed by atoms with van der Waals surface area (Å²) >= 11 is 3.22. The molecule has 0 saturated heterocycles. The summed E-state index contributed by atoms with van der Waals surface area (Å²) in [6.07, 6.45) is 5.55. The fraction of sp³-hybridized carbons (Fsp3) is 0. The highest BCUT2D eigenvalue weighted by Crippen LogP contribution is 2.26. The molecule has 0 aromatic carbocycles. The van der Waals surface area contributed by atoms with Gasteiger partial charge in [0.15, 0.2) is 0 Å². The highest BCUT2D eigenvalue weighted by molar-refractivity contribution is 9.10. The third-order valence-electron chi connectivity index (χ3n) is 1.80. The van der Waals surface area contributed by atoms with E-state index in [0.717, 1.165) is 4.90 Å². The van der Waals surface area contributed by atoms with Gasteiger partial charge in [-0.05, 0) is 22.0 Å². The van der Waals surface area contributed by atoms with Crippen LogP contribution in [0.5, 0.6) is 0 Å². The second kappa shape index (κ2) is 3.34. The Labute approximate surface area is 88.4 Å². The number of anilines is 1. The molecular weight excluding hydrogens is 248 g/mol. The second-order valence-electron chi connectivity index (χ2n) is 2.67. The maximum Gasteiger partial charge on any atom is 0.258 e. The first kappa shape index (κ1) is 9.08. The lowest BCUT2D eigenvalue weighted by Crippen LogP contribution is -2.29. The van der Waals surface area contributed by atoms with E-state index in [2.05, 4.69) is 20.9 Å². The number of hydrogen-bond acceptors (Lipinski definition) is 3. The van der Waals surface area contributed by atoms with Crippen LogP contribution in [0.2, 0.25) is 0 Å². The van der Waals surface area contributed by atoms with Gasteiger partial charge in [-0.1, -0.05) is 0 Å². The van der Waals surface area contributed by atoms with E-state index < -0.39 is 0 Å². The smallest absolute Gasteiger partial charge is 0.258 e. The summed E-state index contributed by atoms with van der Waals surface area (Å²) in [7, 11) is 0. The van der Waals surface area contributed by atoms with Crippen molar-refractivity contribution in [2.45, 2.75) is 0 Å². The minimum Gasteiger partial charge on any atom is -0.269 e. The van der Waals surface area contributed by atoms with Gasteiger partial charge in [-0.15, -0.1) is 0 Å². The van der Waals surface area contributed by atoms with Crippen LogP contribution < -0.4 is 4.90 Å². The monoisotopic (exact) mass is 252 g/mol. The lowest BCUT2D eigenvalue weighted by Gasteiger charge is -2.14. The quantitative estimate of drug-likeness (QED) is 0.708. The summed E-state index contributed by atoms with van der Waals surface area (Å²) in [6, 6.07) is 1.60. The van der Waals surface area contributed by atoms with Crippen LogP contribution >= 0.6 is 15.9 Å². The van der Waals surface area contributed by atoms with Gasteiger partial charge in [0.25, 0.3) is 11.8 Å². The number of carbonyl (C=O) groups is 2. The van der Waals surface area contributed by atoms with Gasteiger partial charge in [-0.25, -0.2) is 4.90 Å². The number of hydrogen-bond donors (Lipinski definition) is 0. The Morgan fingerprint density at radius 2 is 1.86 bits per heavy atom. The average molecular weight is 253 g/mol. The van der Waals surface area contributed by atoms with Crippen molar-refractivity contribution in [3.8, 4) is 0 Å². The van der Waals surface area contributed by atoms with Crippen LogP contribution in [-0.4, -0.2) is 16.8 Å². The van der Waals surface area contributed by atoms with Gasteiger partial charge >= 0.3 is 0 Å². The Balaban J connectivity index is 2.46. The van der Waals surface area contributed by atoms with Crippen LogP contribution in [0.3, 0.4) is 0 Å². The van der Waals surface area contributed by atoms with E-state index in [4.69, 9.17) is 0 Å². The molecule has 0 aliphatic carbocycles. The van der Waals surface area contributed by atoms with E-state index >= 15 is 0 Å². The molecule has 0 spiro atoms. The van der Waals surface area contributed by atoms with Crippen molar-refractivity contribution < 1.29 is 9.59 Å². The van der Waals surface area contributed by atoms with Crippen LogP contribution in [0, 0.1) is 0 Å². The lowest BCUT2D eigenvalue weighted by atomic mass is 10.3. The van der Waals surface area contributed by atoms with Crippen molar-refractivity contribution in [1.82, 2.24) is 4.98 Å². The van der Waals surface area contributed by atoms with E-state index in [0.29, 0.717) is 10.2 Å². The molecule has 0 atom stereocenters. The molecule has 1 aliphatic heterocycles. The maximum absolute atomic E-state index is 11.3. The predicted octanol–water partition coefficient (Wildman–Crippen LogP) is 1.27. The Morgan fingerprint density at radius 1 is 1.21 bits per heavy atom. The Morgan fingerprint density at radius 3 is 2.43 bits per heavy atom. The molecule has 0 unspecified atom stereocenters. The van der Waals surface area contributed by atoms with Crippen LogP contribution in [0.15, 0.2) is 35.1 Å². The lowest BCUT2D eigenvalue weighted by molar-refractivity contribution is -0.119. The van der Waals surface area contributed by atoms with E-state index in [-0.39, 0.29) is 11.8 Å². The molecule has 0 bridgehead atoms. The molecule has 2 heterocycles. The van der Waals surface area contributed by atoms with E-state index in [1.54, 1.807) is 6.07 Å². The molecule has 1 aliphatic rings. The number of rotatable bonds is 1. The number of halogens is 1. The van der Waals surface area contributed by atoms with Crippen molar-refractivity contribution in [2.75, 3.05) is 4.90 Å². The summed E-state index contributed by atoms with van der Waals surface area (Å²) in [5.74, 6) is -0.663. The summed E-state index contributed by atoms with van der Waals surface area (Å²) in [5, 5.41) is 0. The largest absolute Gasteiger partial charge is 0.269 e. The molecular formula is C9H5BrN2O2. The Bertz CT molecular complexity index is 424. The fourth-order valence-corrected chi connectivity index (χ4v) is 1.61. The van der Waals surface area contributed by atoms with Gasteiger partial charge in [0.05, 0.1) is 10.2 Å². The van der Waals surface area contributed by atoms with Crippen LogP contribution in [0.4, 0.5) is 5.69 Å². The first-order chi connectivity index (χ1) is 6.70. The molecule has 1 aromatic heterocycles. The number of carbonyl (C=O) groups excluding carboxylic acids is 2. The highest BCUT2D eigenvalue weighted by atomic mass is 79.9. The minimum atomic E-state index is -0.332. The topological polar surface area (TPSA) is 50.3 Å². The van der Waals surface area contributed by atoms with Crippen molar-refractivity contribution in [1.29, 1.82) is 0 Å². The molecule has 5 heteroatoms. The van der Waals surface area contributed by atoms with Crippen LogP contribution in [0.1, 0.15) is 0 Å². The molecule has 70 valence electrons. The summed E-state index contributed by atoms with van der Waals surface area (Å²) < 4.78 is 0.616. The third kappa shape index (κ3) is 1.35. The van der Waals surface area contributed by atoms with Crippen molar-refractivity contribution in [3.05, 3.63) is 35.1 Å². The molecule has 0 N–H and O–H groups in total. The number of aromatic nitrogens is 1. The highest BCUT2D eigenvalue weighted by Gasteiger charge is 2.26. The maximum atomic E-state index is 11.3. The van der Waals surface area contributed by atoms with Gasteiger partial charge in [0, 0.05) is 24.5 Å². The molecule has 0 radical (unpaired) electrons. The summed E-state index contributed by atoms with van der Waals surface area (Å²) in [6.45, 7) is 0. The van der Waals surface area contributed by atoms with Crippen molar-refractivity contribution >= 4 is 33.4 Å². The molecule has 0 saturated carbocycles. The number of pyridine rings is 1. The molecule has 1 aromatic rings. The standard InChI is InChI=1S/C9H5BrN2O2/c10-6-5-11-4-3-7(6)12-8(13)1-2-9(12)14/h1-5H. The van der Waals surface area contributed by atoms with Gasteiger partial charge in [0.2, 0.25) is 0 Å². The second-order valence-corrected chi connectivity index (χ2v) is 3.53. The van der Waals surface area contributed by atoms with Gasteiger partial charge in [0.1, 0.15) is 0 Å². The SMILES string of the molecule is O=C1C=CC(=O)N1c1ccncc1Br. The zero-order valence-electron chi connectivity index (χ0n) is 6.98. The fourth-order valence-electron chi connectivity index (χ4n) is 1.19. The van der Waals surface area contributed by atoms with Crippen molar-refractivity contribution in [3.63, 3.8) is 0 Å². The number of imide groups is 1.